The van der Waals surface area contributed by atoms with Crippen molar-refractivity contribution in [2.45, 2.75) is 38.5 Å². The maximum absolute atomic E-state index is 11.6. The lowest BCUT2D eigenvalue weighted by molar-refractivity contribution is -0.119. The molecule has 4 nitrogen and oxygen atoms in total. The molecule has 0 unspecified atom stereocenters. The van der Waals surface area contributed by atoms with E-state index in [1.165, 1.54) is 6.26 Å². The van der Waals surface area contributed by atoms with Crippen LogP contribution in [0.2, 0.25) is 0 Å². The molecule has 0 aromatic heterocycles. The second kappa shape index (κ2) is 7.11. The van der Waals surface area contributed by atoms with Crippen LogP contribution in [0.5, 0.6) is 0 Å². The van der Waals surface area contributed by atoms with Gasteiger partial charge in [0.1, 0.15) is 15.6 Å². The van der Waals surface area contributed by atoms with Gasteiger partial charge in [-0.1, -0.05) is 0 Å². The van der Waals surface area contributed by atoms with Gasteiger partial charge in [0, 0.05) is 19.1 Å². The van der Waals surface area contributed by atoms with Crippen LogP contribution in [0.25, 0.3) is 0 Å². The molecule has 1 fully saturated rings. The van der Waals surface area contributed by atoms with E-state index in [1.54, 1.807) is 0 Å². The van der Waals surface area contributed by atoms with Crippen molar-refractivity contribution in [3.8, 4) is 0 Å². The smallest absolute Gasteiger partial charge is 0.147 e. The average molecular weight is 261 g/mol. The second-order valence-corrected chi connectivity index (χ2v) is 7.26. The summed E-state index contributed by atoms with van der Waals surface area (Å²) in [6.45, 7) is 2.12. The summed E-state index contributed by atoms with van der Waals surface area (Å²) in [5.74, 6) is 1.02. The lowest BCUT2D eigenvalue weighted by Gasteiger charge is -2.22. The van der Waals surface area contributed by atoms with Gasteiger partial charge in [0.25, 0.3) is 0 Å². The van der Waals surface area contributed by atoms with Crippen LogP contribution in [0.3, 0.4) is 0 Å². The van der Waals surface area contributed by atoms with E-state index in [9.17, 15) is 13.2 Å². The van der Waals surface area contributed by atoms with E-state index in [1.807, 2.05) is 0 Å². The molecule has 17 heavy (non-hydrogen) atoms. The highest BCUT2D eigenvalue weighted by Gasteiger charge is 2.14. The molecule has 1 heterocycles. The summed E-state index contributed by atoms with van der Waals surface area (Å²) in [4.78, 5) is 11.6. The minimum Gasteiger partial charge on any atom is -0.317 e. The molecule has 0 bridgehead atoms. The lowest BCUT2D eigenvalue weighted by Crippen LogP contribution is -2.28. The van der Waals surface area contributed by atoms with Crippen molar-refractivity contribution in [1.82, 2.24) is 5.32 Å². The molecule has 0 radical (unpaired) electrons. The third-order valence-corrected chi connectivity index (χ3v) is 4.29. The van der Waals surface area contributed by atoms with Gasteiger partial charge in [-0.3, -0.25) is 4.79 Å². The van der Waals surface area contributed by atoms with Crippen molar-refractivity contribution in [2.24, 2.45) is 5.92 Å². The molecule has 0 aliphatic carbocycles. The predicted molar refractivity (Wildman–Crippen MR) is 68.8 cm³/mol. The minimum atomic E-state index is -2.92. The van der Waals surface area contributed by atoms with Crippen LogP contribution in [-0.2, 0) is 14.6 Å². The quantitative estimate of drug-likeness (QED) is 0.747. The van der Waals surface area contributed by atoms with E-state index in [-0.39, 0.29) is 11.5 Å². The van der Waals surface area contributed by atoms with Crippen LogP contribution in [-0.4, -0.2) is 39.3 Å². The number of carbonyl (C=O) groups is 1. The summed E-state index contributed by atoms with van der Waals surface area (Å²) in [6.07, 6.45) is 6.02. The van der Waals surface area contributed by atoms with E-state index in [4.69, 9.17) is 0 Å². The maximum atomic E-state index is 11.6. The van der Waals surface area contributed by atoms with Gasteiger partial charge in [-0.25, -0.2) is 8.42 Å². The molecule has 0 spiro atoms. The van der Waals surface area contributed by atoms with Gasteiger partial charge >= 0.3 is 0 Å². The lowest BCUT2D eigenvalue weighted by atomic mass is 9.92. The van der Waals surface area contributed by atoms with Gasteiger partial charge < -0.3 is 5.32 Å². The van der Waals surface area contributed by atoms with Crippen molar-refractivity contribution in [2.75, 3.05) is 25.1 Å². The largest absolute Gasteiger partial charge is 0.317 e. The number of ketones is 1. The van der Waals surface area contributed by atoms with Gasteiger partial charge in [0.15, 0.2) is 0 Å². The van der Waals surface area contributed by atoms with Gasteiger partial charge in [-0.05, 0) is 44.7 Å². The Bertz CT molecular complexity index is 332. The van der Waals surface area contributed by atoms with Gasteiger partial charge in [0.05, 0.1) is 5.75 Å². The number of nitrogens with one attached hydrogen (secondary N) is 1. The Hall–Kier alpha value is -0.420. The molecule has 0 saturated carbocycles. The van der Waals surface area contributed by atoms with Crippen LogP contribution < -0.4 is 5.32 Å². The zero-order valence-corrected chi connectivity index (χ0v) is 11.4. The molecule has 1 aliphatic rings. The summed E-state index contributed by atoms with van der Waals surface area (Å²) in [5, 5.41) is 3.30. The van der Waals surface area contributed by atoms with Crippen molar-refractivity contribution in [1.29, 1.82) is 0 Å². The number of piperidine rings is 1. The average Bonchev–Trinajstić information content (AvgIpc) is 2.26. The van der Waals surface area contributed by atoms with Crippen molar-refractivity contribution in [3.63, 3.8) is 0 Å². The van der Waals surface area contributed by atoms with Crippen LogP contribution in [0.15, 0.2) is 0 Å². The van der Waals surface area contributed by atoms with Crippen LogP contribution >= 0.6 is 0 Å². The molecule has 0 aromatic carbocycles. The molecule has 1 rings (SSSR count). The maximum Gasteiger partial charge on any atom is 0.147 e. The number of carbonyl (C=O) groups excluding carboxylic acids is 1. The van der Waals surface area contributed by atoms with Crippen LogP contribution in [0.4, 0.5) is 0 Å². The normalized spacial score (nSPS) is 18.2. The van der Waals surface area contributed by atoms with E-state index < -0.39 is 9.84 Å². The summed E-state index contributed by atoms with van der Waals surface area (Å²) < 4.78 is 21.8. The highest BCUT2D eigenvalue weighted by atomic mass is 32.2. The Morgan fingerprint density at radius 2 is 1.88 bits per heavy atom. The van der Waals surface area contributed by atoms with Crippen molar-refractivity contribution >= 4 is 15.6 Å². The fourth-order valence-corrected chi connectivity index (χ4v) is 2.86. The van der Waals surface area contributed by atoms with E-state index in [2.05, 4.69) is 5.32 Å². The molecule has 1 saturated heterocycles. The Morgan fingerprint density at radius 3 is 2.47 bits per heavy atom. The minimum absolute atomic E-state index is 0.131. The first-order chi connectivity index (χ1) is 7.97. The second-order valence-electron chi connectivity index (χ2n) is 5.00. The topological polar surface area (TPSA) is 63.2 Å². The molecule has 0 aromatic rings. The monoisotopic (exact) mass is 261 g/mol. The summed E-state index contributed by atoms with van der Waals surface area (Å²) >= 11 is 0. The highest BCUT2D eigenvalue weighted by Crippen LogP contribution is 2.18. The number of rotatable bonds is 7. The zero-order chi connectivity index (χ0) is 12.7. The fraction of sp³-hybridized carbons (Fsp3) is 0.917. The predicted octanol–water partition coefficient (Wildman–Crippen LogP) is 1.16. The molecule has 100 valence electrons. The summed E-state index contributed by atoms with van der Waals surface area (Å²) in [5.41, 5.74) is 0. The van der Waals surface area contributed by atoms with E-state index >= 15 is 0 Å². The number of Topliss-reactive ketones (excluding diaryl/α,β-unsaturated/α-hetero) is 1. The van der Waals surface area contributed by atoms with E-state index in [0.717, 1.165) is 32.4 Å². The molecule has 1 aliphatic heterocycles. The van der Waals surface area contributed by atoms with Crippen LogP contribution in [0, 0.1) is 5.92 Å². The van der Waals surface area contributed by atoms with Crippen molar-refractivity contribution < 1.29 is 13.2 Å². The third-order valence-electron chi connectivity index (χ3n) is 3.26. The molecular weight excluding hydrogens is 238 g/mol. The SMILES string of the molecule is CS(=O)(=O)CCCC(=O)CCC1CCNCC1. The Labute approximate surface area is 104 Å². The van der Waals surface area contributed by atoms with Gasteiger partial charge in [-0.2, -0.15) is 0 Å². The summed E-state index contributed by atoms with van der Waals surface area (Å²) in [6, 6.07) is 0. The molecule has 0 atom stereocenters. The first kappa shape index (κ1) is 14.6. The Morgan fingerprint density at radius 1 is 1.24 bits per heavy atom. The first-order valence-corrected chi connectivity index (χ1v) is 8.43. The third kappa shape index (κ3) is 7.49. The molecule has 0 amide bonds. The highest BCUT2D eigenvalue weighted by molar-refractivity contribution is 7.90. The van der Waals surface area contributed by atoms with Crippen molar-refractivity contribution in [3.05, 3.63) is 0 Å². The summed E-state index contributed by atoms with van der Waals surface area (Å²) in [7, 11) is -2.92. The standard InChI is InChI=1S/C12H23NO3S/c1-17(15,16)10-2-3-12(14)5-4-11-6-8-13-9-7-11/h11,13H,2-10H2,1H3. The fourth-order valence-electron chi connectivity index (χ4n) is 2.19. The zero-order valence-electron chi connectivity index (χ0n) is 10.6. The molecular formula is C12H23NO3S. The number of sulfone groups is 1. The van der Waals surface area contributed by atoms with Crippen LogP contribution in [0.1, 0.15) is 38.5 Å². The Kier molecular flexibility index (Phi) is 6.12. The molecule has 1 N–H and O–H groups in total. The first-order valence-electron chi connectivity index (χ1n) is 6.37. The Balaban J connectivity index is 2.08. The van der Waals surface area contributed by atoms with Gasteiger partial charge in [0.2, 0.25) is 0 Å². The number of hydrogen-bond acceptors (Lipinski definition) is 4. The number of hydrogen-bond donors (Lipinski definition) is 1. The van der Waals surface area contributed by atoms with Gasteiger partial charge in [-0.15, -0.1) is 0 Å². The van der Waals surface area contributed by atoms with E-state index in [0.29, 0.717) is 25.2 Å². The molecule has 5 heteroatoms.